The summed E-state index contributed by atoms with van der Waals surface area (Å²) in [6, 6.07) is 0.783. The molecule has 1 atom stereocenters. The Kier molecular flexibility index (Phi) is 5.09. The van der Waals surface area contributed by atoms with Gasteiger partial charge in [-0.25, -0.2) is 0 Å². The lowest BCUT2D eigenvalue weighted by molar-refractivity contribution is -0.131. The fourth-order valence-corrected chi connectivity index (χ4v) is 1.86. The van der Waals surface area contributed by atoms with Crippen LogP contribution in [-0.2, 0) is 4.79 Å². The van der Waals surface area contributed by atoms with E-state index < -0.39 is 0 Å². The lowest BCUT2D eigenvalue weighted by Crippen LogP contribution is -2.33. The maximum absolute atomic E-state index is 11.9. The van der Waals surface area contributed by atoms with Crippen LogP contribution in [0.2, 0.25) is 0 Å². The van der Waals surface area contributed by atoms with Crippen LogP contribution in [0.1, 0.15) is 52.4 Å². The van der Waals surface area contributed by atoms with Gasteiger partial charge in [0.1, 0.15) is 0 Å². The van der Waals surface area contributed by atoms with Gasteiger partial charge in [0.2, 0.25) is 5.91 Å². The highest BCUT2D eigenvalue weighted by Gasteiger charge is 2.31. The molecule has 3 nitrogen and oxygen atoms in total. The monoisotopic (exact) mass is 212 g/mol. The van der Waals surface area contributed by atoms with E-state index in [0.717, 1.165) is 25.8 Å². The van der Waals surface area contributed by atoms with Crippen molar-refractivity contribution < 1.29 is 4.79 Å². The Labute approximate surface area is 93.0 Å². The van der Waals surface area contributed by atoms with Gasteiger partial charge in [0, 0.05) is 25.0 Å². The molecule has 0 radical (unpaired) electrons. The zero-order valence-corrected chi connectivity index (χ0v) is 10.0. The Morgan fingerprint density at radius 2 is 2.20 bits per heavy atom. The molecule has 88 valence electrons. The van der Waals surface area contributed by atoms with Crippen molar-refractivity contribution in [3.05, 3.63) is 0 Å². The molecule has 1 unspecified atom stereocenters. The summed E-state index contributed by atoms with van der Waals surface area (Å²) in [5.74, 6) is 0.333. The van der Waals surface area contributed by atoms with Crippen LogP contribution in [-0.4, -0.2) is 29.4 Å². The predicted octanol–water partition coefficient (Wildman–Crippen LogP) is 1.90. The van der Waals surface area contributed by atoms with E-state index in [2.05, 4.69) is 11.8 Å². The van der Waals surface area contributed by atoms with Crippen LogP contribution >= 0.6 is 0 Å². The number of nitrogens with two attached hydrogens (primary N) is 1. The van der Waals surface area contributed by atoms with E-state index >= 15 is 0 Å². The van der Waals surface area contributed by atoms with E-state index in [-0.39, 0.29) is 6.04 Å². The summed E-state index contributed by atoms with van der Waals surface area (Å²) in [5.41, 5.74) is 5.66. The number of hydrogen-bond acceptors (Lipinski definition) is 2. The van der Waals surface area contributed by atoms with Crippen molar-refractivity contribution in [3.8, 4) is 0 Å². The Balaban J connectivity index is 2.23. The van der Waals surface area contributed by atoms with E-state index in [1.54, 1.807) is 0 Å². The Morgan fingerprint density at radius 1 is 1.53 bits per heavy atom. The summed E-state index contributed by atoms with van der Waals surface area (Å²) in [4.78, 5) is 14.0. The van der Waals surface area contributed by atoms with Crippen LogP contribution in [0.5, 0.6) is 0 Å². The molecule has 0 heterocycles. The smallest absolute Gasteiger partial charge is 0.222 e. The Bertz CT molecular complexity index is 200. The average Bonchev–Trinajstić information content (AvgIpc) is 2.96. The van der Waals surface area contributed by atoms with Crippen molar-refractivity contribution in [2.24, 2.45) is 5.73 Å². The van der Waals surface area contributed by atoms with Crippen molar-refractivity contribution in [1.82, 2.24) is 4.90 Å². The quantitative estimate of drug-likeness (QED) is 0.700. The number of carbonyl (C=O) groups is 1. The van der Waals surface area contributed by atoms with Crippen molar-refractivity contribution in [2.45, 2.75) is 64.5 Å². The molecule has 0 bridgehead atoms. The maximum Gasteiger partial charge on any atom is 0.222 e. The summed E-state index contributed by atoms with van der Waals surface area (Å²) >= 11 is 0. The molecule has 1 aliphatic carbocycles. The van der Waals surface area contributed by atoms with Gasteiger partial charge >= 0.3 is 0 Å². The molecular formula is C12H24N2O. The molecule has 0 saturated heterocycles. The highest BCUT2D eigenvalue weighted by atomic mass is 16.2. The molecule has 1 rings (SSSR count). The highest BCUT2D eigenvalue weighted by Crippen LogP contribution is 2.27. The van der Waals surface area contributed by atoms with E-state index in [4.69, 9.17) is 5.73 Å². The topological polar surface area (TPSA) is 46.3 Å². The summed E-state index contributed by atoms with van der Waals surface area (Å²) in [7, 11) is 0. The second-order valence-electron chi connectivity index (χ2n) is 4.69. The molecule has 1 amide bonds. The average molecular weight is 212 g/mol. The number of amides is 1. The van der Waals surface area contributed by atoms with Gasteiger partial charge in [0.25, 0.3) is 0 Å². The predicted molar refractivity (Wildman–Crippen MR) is 62.5 cm³/mol. The molecule has 0 aromatic rings. The molecule has 15 heavy (non-hydrogen) atoms. The third-order valence-electron chi connectivity index (χ3n) is 2.82. The zero-order valence-electron chi connectivity index (χ0n) is 10.0. The SMILES string of the molecule is CCCN(C(=O)CCCC(C)N)C1CC1. The van der Waals surface area contributed by atoms with Gasteiger partial charge in [-0.2, -0.15) is 0 Å². The Morgan fingerprint density at radius 3 is 2.67 bits per heavy atom. The molecule has 0 spiro atoms. The molecular weight excluding hydrogens is 188 g/mol. The van der Waals surface area contributed by atoms with E-state index in [0.29, 0.717) is 18.4 Å². The summed E-state index contributed by atoms with van der Waals surface area (Å²) in [6.45, 7) is 5.06. The highest BCUT2D eigenvalue weighted by molar-refractivity contribution is 5.76. The molecule has 1 aliphatic rings. The number of rotatable bonds is 7. The van der Waals surface area contributed by atoms with Crippen molar-refractivity contribution in [1.29, 1.82) is 0 Å². The molecule has 0 aromatic carbocycles. The fraction of sp³-hybridized carbons (Fsp3) is 0.917. The van der Waals surface area contributed by atoms with Gasteiger partial charge in [0.05, 0.1) is 0 Å². The van der Waals surface area contributed by atoms with Crippen LogP contribution in [0.3, 0.4) is 0 Å². The molecule has 1 fully saturated rings. The largest absolute Gasteiger partial charge is 0.340 e. The van der Waals surface area contributed by atoms with Gasteiger partial charge in [-0.05, 0) is 39.0 Å². The second kappa shape index (κ2) is 6.11. The Hall–Kier alpha value is -0.570. The summed E-state index contributed by atoms with van der Waals surface area (Å²) in [6.07, 6.45) is 6.05. The zero-order chi connectivity index (χ0) is 11.3. The standard InChI is InChI=1S/C12H24N2O/c1-3-9-14(11-7-8-11)12(15)6-4-5-10(2)13/h10-11H,3-9,13H2,1-2H3. The minimum Gasteiger partial charge on any atom is -0.340 e. The minimum atomic E-state index is 0.221. The lowest BCUT2D eigenvalue weighted by atomic mass is 10.1. The first-order valence-corrected chi connectivity index (χ1v) is 6.20. The summed E-state index contributed by atoms with van der Waals surface area (Å²) < 4.78 is 0. The van der Waals surface area contributed by atoms with Crippen molar-refractivity contribution in [3.63, 3.8) is 0 Å². The minimum absolute atomic E-state index is 0.221. The van der Waals surface area contributed by atoms with Crippen LogP contribution in [0, 0.1) is 0 Å². The van der Waals surface area contributed by atoms with Crippen LogP contribution < -0.4 is 5.73 Å². The van der Waals surface area contributed by atoms with Crippen LogP contribution in [0.4, 0.5) is 0 Å². The van der Waals surface area contributed by atoms with Crippen LogP contribution in [0.25, 0.3) is 0 Å². The first-order valence-electron chi connectivity index (χ1n) is 6.20. The van der Waals surface area contributed by atoms with Gasteiger partial charge < -0.3 is 10.6 Å². The van der Waals surface area contributed by atoms with Crippen molar-refractivity contribution in [2.75, 3.05) is 6.54 Å². The third-order valence-corrected chi connectivity index (χ3v) is 2.82. The van der Waals surface area contributed by atoms with E-state index in [1.165, 1.54) is 12.8 Å². The maximum atomic E-state index is 11.9. The molecule has 3 heteroatoms. The molecule has 0 aromatic heterocycles. The third kappa shape index (κ3) is 4.65. The lowest BCUT2D eigenvalue weighted by Gasteiger charge is -2.21. The van der Waals surface area contributed by atoms with Crippen molar-refractivity contribution >= 4 is 5.91 Å². The fourth-order valence-electron chi connectivity index (χ4n) is 1.86. The molecule has 2 N–H and O–H groups in total. The molecule has 1 saturated carbocycles. The molecule has 0 aliphatic heterocycles. The number of hydrogen-bond donors (Lipinski definition) is 1. The first-order chi connectivity index (χ1) is 7.15. The number of carbonyl (C=O) groups excluding carboxylic acids is 1. The van der Waals surface area contributed by atoms with Gasteiger partial charge in [0.15, 0.2) is 0 Å². The van der Waals surface area contributed by atoms with Crippen LogP contribution in [0.15, 0.2) is 0 Å². The van der Waals surface area contributed by atoms with Gasteiger partial charge in [-0.15, -0.1) is 0 Å². The van der Waals surface area contributed by atoms with Gasteiger partial charge in [-0.3, -0.25) is 4.79 Å². The normalized spacial score (nSPS) is 17.5. The summed E-state index contributed by atoms with van der Waals surface area (Å²) in [5, 5.41) is 0. The van der Waals surface area contributed by atoms with E-state index in [1.807, 2.05) is 6.92 Å². The van der Waals surface area contributed by atoms with E-state index in [9.17, 15) is 4.79 Å². The van der Waals surface area contributed by atoms with Gasteiger partial charge in [-0.1, -0.05) is 6.92 Å². The number of nitrogens with zero attached hydrogens (tertiary/aromatic N) is 1. The first kappa shape index (κ1) is 12.5. The second-order valence-corrected chi connectivity index (χ2v) is 4.69.